The molecule has 3 N–H and O–H groups in total. The lowest BCUT2D eigenvalue weighted by molar-refractivity contribution is -0.123. The third-order valence-corrected chi connectivity index (χ3v) is 7.44. The Morgan fingerprint density at radius 3 is 1.53 bits per heavy atom. The molecule has 0 saturated carbocycles. The third-order valence-electron chi connectivity index (χ3n) is 7.44. The number of aliphatic hydroxyl groups excluding tert-OH is 2. The zero-order valence-corrected chi connectivity index (χ0v) is 25.4. The topological polar surface area (TPSA) is 69.6 Å². The van der Waals surface area contributed by atoms with E-state index in [1.54, 1.807) is 6.08 Å². The number of hydrogen-bond donors (Lipinski definition) is 3. The summed E-state index contributed by atoms with van der Waals surface area (Å²) >= 11 is 0. The fourth-order valence-corrected chi connectivity index (χ4v) is 4.84. The molecule has 0 rings (SSSR count). The molecule has 0 radical (unpaired) electrons. The Bertz CT molecular complexity index is 546. The maximum atomic E-state index is 12.0. The van der Waals surface area contributed by atoms with Crippen molar-refractivity contribution in [2.45, 2.75) is 180 Å². The molecular formula is C34H65NO3. The van der Waals surface area contributed by atoms with Crippen LogP contribution in [0.15, 0.2) is 24.3 Å². The summed E-state index contributed by atoms with van der Waals surface area (Å²) in [6.07, 6.45) is 37.2. The van der Waals surface area contributed by atoms with Crippen LogP contribution in [0.25, 0.3) is 0 Å². The van der Waals surface area contributed by atoms with Gasteiger partial charge in [0.1, 0.15) is 0 Å². The summed E-state index contributed by atoms with van der Waals surface area (Å²) < 4.78 is 0. The molecule has 0 aliphatic rings. The predicted octanol–water partition coefficient (Wildman–Crippen LogP) is 9.34. The van der Waals surface area contributed by atoms with Gasteiger partial charge in [-0.05, 0) is 32.1 Å². The Morgan fingerprint density at radius 2 is 1.03 bits per heavy atom. The van der Waals surface area contributed by atoms with Crippen molar-refractivity contribution in [1.82, 2.24) is 5.32 Å². The largest absolute Gasteiger partial charge is 0.394 e. The Hall–Kier alpha value is -1.13. The monoisotopic (exact) mass is 535 g/mol. The first-order valence-electron chi connectivity index (χ1n) is 16.6. The Balaban J connectivity index is 3.57. The van der Waals surface area contributed by atoms with E-state index in [0.717, 1.165) is 38.5 Å². The van der Waals surface area contributed by atoms with Crippen molar-refractivity contribution in [3.8, 4) is 0 Å². The van der Waals surface area contributed by atoms with Gasteiger partial charge in [0.25, 0.3) is 0 Å². The van der Waals surface area contributed by atoms with Gasteiger partial charge in [0.2, 0.25) is 5.91 Å². The molecule has 1 amide bonds. The van der Waals surface area contributed by atoms with E-state index in [0.29, 0.717) is 6.42 Å². The maximum absolute atomic E-state index is 12.0. The van der Waals surface area contributed by atoms with Crippen LogP contribution in [-0.2, 0) is 4.79 Å². The number of carbonyl (C=O) groups is 1. The highest BCUT2D eigenvalue weighted by molar-refractivity contribution is 5.76. The molecule has 0 saturated heterocycles. The predicted molar refractivity (Wildman–Crippen MR) is 165 cm³/mol. The number of rotatable bonds is 29. The first kappa shape index (κ1) is 36.9. The van der Waals surface area contributed by atoms with Gasteiger partial charge in [-0.1, -0.05) is 154 Å². The SMILES string of the molecule is CCCCCCCCCCCCCCCCC/C=C/CC/C=C/C(O)C(CO)NC(=O)CCCCCCC. The fraction of sp³-hybridized carbons (Fsp3) is 0.853. The average molecular weight is 536 g/mol. The molecule has 4 nitrogen and oxygen atoms in total. The van der Waals surface area contributed by atoms with Gasteiger partial charge in [-0.25, -0.2) is 0 Å². The molecule has 0 spiro atoms. The molecule has 0 aromatic rings. The second-order valence-electron chi connectivity index (χ2n) is 11.2. The van der Waals surface area contributed by atoms with Gasteiger partial charge in [-0.15, -0.1) is 0 Å². The lowest BCUT2D eigenvalue weighted by atomic mass is 10.0. The number of carbonyl (C=O) groups excluding carboxylic acids is 1. The molecule has 0 bridgehead atoms. The van der Waals surface area contributed by atoms with Crippen molar-refractivity contribution in [1.29, 1.82) is 0 Å². The molecular weight excluding hydrogens is 470 g/mol. The number of allylic oxidation sites excluding steroid dienone is 3. The third kappa shape index (κ3) is 26.5. The number of amides is 1. The summed E-state index contributed by atoms with van der Waals surface area (Å²) in [5.41, 5.74) is 0. The van der Waals surface area contributed by atoms with Gasteiger partial charge in [0.05, 0.1) is 18.8 Å². The molecule has 0 fully saturated rings. The van der Waals surface area contributed by atoms with Crippen molar-refractivity contribution in [2.75, 3.05) is 6.61 Å². The summed E-state index contributed by atoms with van der Waals surface area (Å²) in [6, 6.07) is -0.630. The van der Waals surface area contributed by atoms with E-state index in [2.05, 4.69) is 31.3 Å². The minimum atomic E-state index is -0.853. The number of unbranched alkanes of at least 4 members (excludes halogenated alkanes) is 20. The van der Waals surface area contributed by atoms with Crippen LogP contribution >= 0.6 is 0 Å². The molecule has 0 heterocycles. The summed E-state index contributed by atoms with van der Waals surface area (Å²) in [7, 11) is 0. The Kier molecular flexibility index (Phi) is 29.5. The van der Waals surface area contributed by atoms with Crippen LogP contribution in [0, 0.1) is 0 Å². The van der Waals surface area contributed by atoms with Crippen molar-refractivity contribution < 1.29 is 15.0 Å². The zero-order chi connectivity index (χ0) is 27.9. The van der Waals surface area contributed by atoms with Gasteiger partial charge < -0.3 is 15.5 Å². The highest BCUT2D eigenvalue weighted by atomic mass is 16.3. The van der Waals surface area contributed by atoms with Crippen molar-refractivity contribution in [3.05, 3.63) is 24.3 Å². The van der Waals surface area contributed by atoms with Gasteiger partial charge in [0, 0.05) is 6.42 Å². The molecule has 224 valence electrons. The highest BCUT2D eigenvalue weighted by Crippen LogP contribution is 2.14. The van der Waals surface area contributed by atoms with E-state index >= 15 is 0 Å². The quantitative estimate of drug-likeness (QED) is 0.0660. The van der Waals surface area contributed by atoms with Gasteiger partial charge in [-0.2, -0.15) is 0 Å². The van der Waals surface area contributed by atoms with E-state index in [9.17, 15) is 15.0 Å². The molecule has 2 atom stereocenters. The van der Waals surface area contributed by atoms with Crippen molar-refractivity contribution >= 4 is 5.91 Å². The lowest BCUT2D eigenvalue weighted by Gasteiger charge is -2.19. The zero-order valence-electron chi connectivity index (χ0n) is 25.4. The first-order chi connectivity index (χ1) is 18.7. The first-order valence-corrected chi connectivity index (χ1v) is 16.6. The highest BCUT2D eigenvalue weighted by Gasteiger charge is 2.17. The van der Waals surface area contributed by atoms with Gasteiger partial charge in [0.15, 0.2) is 0 Å². The average Bonchev–Trinajstić information content (AvgIpc) is 2.92. The van der Waals surface area contributed by atoms with Crippen LogP contribution in [0.1, 0.15) is 168 Å². The summed E-state index contributed by atoms with van der Waals surface area (Å²) in [5, 5.41) is 22.6. The fourth-order valence-electron chi connectivity index (χ4n) is 4.84. The van der Waals surface area contributed by atoms with Crippen molar-refractivity contribution in [3.63, 3.8) is 0 Å². The van der Waals surface area contributed by atoms with E-state index < -0.39 is 12.1 Å². The van der Waals surface area contributed by atoms with Crippen LogP contribution < -0.4 is 5.32 Å². The lowest BCUT2D eigenvalue weighted by Crippen LogP contribution is -2.45. The molecule has 0 aliphatic carbocycles. The molecule has 4 heteroatoms. The smallest absolute Gasteiger partial charge is 0.220 e. The second kappa shape index (κ2) is 30.4. The molecule has 0 aromatic heterocycles. The summed E-state index contributed by atoms with van der Waals surface area (Å²) in [4.78, 5) is 12.0. The summed E-state index contributed by atoms with van der Waals surface area (Å²) in [6.45, 7) is 4.20. The number of aliphatic hydroxyl groups is 2. The normalized spacial score (nSPS) is 13.5. The maximum Gasteiger partial charge on any atom is 0.220 e. The molecule has 38 heavy (non-hydrogen) atoms. The molecule has 0 aliphatic heterocycles. The minimum absolute atomic E-state index is 0.0882. The van der Waals surface area contributed by atoms with Crippen LogP contribution in [0.3, 0.4) is 0 Å². The minimum Gasteiger partial charge on any atom is -0.394 e. The van der Waals surface area contributed by atoms with E-state index in [-0.39, 0.29) is 12.5 Å². The van der Waals surface area contributed by atoms with E-state index in [1.807, 2.05) is 6.08 Å². The van der Waals surface area contributed by atoms with E-state index in [4.69, 9.17) is 0 Å². The molecule has 0 aromatic carbocycles. The van der Waals surface area contributed by atoms with Crippen molar-refractivity contribution in [2.24, 2.45) is 0 Å². The standard InChI is InChI=1S/C34H65NO3/c1-3-5-7-9-10-11-12-13-14-15-16-17-18-19-20-21-22-23-24-26-27-29-33(37)32(31-36)35-34(38)30-28-25-8-6-4-2/h22-23,27,29,32-33,36-37H,3-21,24-26,28,30-31H2,1-2H3,(H,35,38)/b23-22+,29-27+. The van der Waals surface area contributed by atoms with Gasteiger partial charge >= 0.3 is 0 Å². The summed E-state index contributed by atoms with van der Waals surface area (Å²) in [5.74, 6) is -0.0882. The number of nitrogens with one attached hydrogen (secondary N) is 1. The van der Waals surface area contributed by atoms with Gasteiger partial charge in [-0.3, -0.25) is 4.79 Å². The van der Waals surface area contributed by atoms with Crippen LogP contribution in [0.2, 0.25) is 0 Å². The number of hydrogen-bond acceptors (Lipinski definition) is 3. The van der Waals surface area contributed by atoms with Crippen LogP contribution in [-0.4, -0.2) is 34.9 Å². The Labute approximate surface area is 237 Å². The van der Waals surface area contributed by atoms with E-state index in [1.165, 1.54) is 109 Å². The Morgan fingerprint density at radius 1 is 0.605 bits per heavy atom. The second-order valence-corrected chi connectivity index (χ2v) is 11.2. The molecule has 2 unspecified atom stereocenters. The van der Waals surface area contributed by atoms with Crippen LogP contribution in [0.4, 0.5) is 0 Å². The van der Waals surface area contributed by atoms with Crippen LogP contribution in [0.5, 0.6) is 0 Å².